The van der Waals surface area contributed by atoms with Gasteiger partial charge in [-0.2, -0.15) is 0 Å². The number of hydrogen-bond donors (Lipinski definition) is 1. The van der Waals surface area contributed by atoms with Gasteiger partial charge in [-0.25, -0.2) is 0 Å². The summed E-state index contributed by atoms with van der Waals surface area (Å²) in [6.07, 6.45) is 1.59. The lowest BCUT2D eigenvalue weighted by Gasteiger charge is -2.02. The van der Waals surface area contributed by atoms with Crippen molar-refractivity contribution in [3.63, 3.8) is 0 Å². The van der Waals surface area contributed by atoms with Gasteiger partial charge in [-0.1, -0.05) is 0 Å². The van der Waals surface area contributed by atoms with Crippen LogP contribution in [0.2, 0.25) is 0 Å². The molecule has 13 heavy (non-hydrogen) atoms. The van der Waals surface area contributed by atoms with E-state index in [2.05, 4.69) is 0 Å². The van der Waals surface area contributed by atoms with Gasteiger partial charge in [-0.05, 0) is 18.6 Å². The van der Waals surface area contributed by atoms with Gasteiger partial charge >= 0.3 is 5.97 Å². The number of carboxylic acid groups (broad SMARTS) is 1. The monoisotopic (exact) mass is 181 g/mol. The lowest BCUT2D eigenvalue weighted by Crippen LogP contribution is -2.20. The Labute approximate surface area is 75.4 Å². The molecule has 0 aliphatic rings. The SMILES string of the molecule is Cc1ccn(CCC(=O)O)c(=O)c1. The zero-order valence-corrected chi connectivity index (χ0v) is 7.36. The maximum absolute atomic E-state index is 11.2. The number of aliphatic carboxylic acids is 1. The summed E-state index contributed by atoms with van der Waals surface area (Å²) in [5.41, 5.74) is 0.734. The van der Waals surface area contributed by atoms with Crippen LogP contribution in [0.25, 0.3) is 0 Å². The van der Waals surface area contributed by atoms with Crippen molar-refractivity contribution < 1.29 is 9.90 Å². The van der Waals surface area contributed by atoms with E-state index in [4.69, 9.17) is 5.11 Å². The van der Waals surface area contributed by atoms with Gasteiger partial charge in [0.25, 0.3) is 5.56 Å². The molecule has 0 atom stereocenters. The third-order valence-electron chi connectivity index (χ3n) is 1.72. The number of rotatable bonds is 3. The fourth-order valence-corrected chi connectivity index (χ4v) is 1.01. The number of hydrogen-bond acceptors (Lipinski definition) is 2. The molecule has 70 valence electrons. The van der Waals surface area contributed by atoms with Crippen LogP contribution < -0.4 is 5.56 Å². The van der Waals surface area contributed by atoms with Crippen LogP contribution >= 0.6 is 0 Å². The zero-order valence-electron chi connectivity index (χ0n) is 7.36. The zero-order chi connectivity index (χ0) is 9.84. The molecule has 4 nitrogen and oxygen atoms in total. The van der Waals surface area contributed by atoms with E-state index in [9.17, 15) is 9.59 Å². The summed E-state index contributed by atoms with van der Waals surface area (Å²) >= 11 is 0. The van der Waals surface area contributed by atoms with Crippen molar-refractivity contribution in [1.29, 1.82) is 0 Å². The van der Waals surface area contributed by atoms with Gasteiger partial charge < -0.3 is 9.67 Å². The third kappa shape index (κ3) is 2.74. The number of aryl methyl sites for hydroxylation is 2. The molecule has 4 heteroatoms. The quantitative estimate of drug-likeness (QED) is 0.744. The predicted molar refractivity (Wildman–Crippen MR) is 47.7 cm³/mol. The van der Waals surface area contributed by atoms with Crippen LogP contribution in [0.15, 0.2) is 23.1 Å². The summed E-state index contributed by atoms with van der Waals surface area (Å²) in [7, 11) is 0. The highest BCUT2D eigenvalue weighted by atomic mass is 16.4. The Kier molecular flexibility index (Phi) is 2.84. The van der Waals surface area contributed by atoms with Gasteiger partial charge in [0.2, 0.25) is 0 Å². The molecule has 1 heterocycles. The topological polar surface area (TPSA) is 59.3 Å². The second-order valence-electron chi connectivity index (χ2n) is 2.88. The average Bonchev–Trinajstić information content (AvgIpc) is 2.02. The Morgan fingerprint density at radius 3 is 2.85 bits per heavy atom. The summed E-state index contributed by atoms with van der Waals surface area (Å²) in [4.78, 5) is 21.5. The third-order valence-corrected chi connectivity index (χ3v) is 1.72. The highest BCUT2D eigenvalue weighted by molar-refractivity contribution is 5.66. The molecule has 0 bridgehead atoms. The summed E-state index contributed by atoms with van der Waals surface area (Å²) in [5, 5.41) is 8.40. The molecule has 1 N–H and O–H groups in total. The fourth-order valence-electron chi connectivity index (χ4n) is 1.01. The van der Waals surface area contributed by atoms with Gasteiger partial charge in [0, 0.05) is 18.8 Å². The first kappa shape index (κ1) is 9.51. The Hall–Kier alpha value is -1.58. The van der Waals surface area contributed by atoms with Gasteiger partial charge in [-0.3, -0.25) is 9.59 Å². The average molecular weight is 181 g/mol. The summed E-state index contributed by atoms with van der Waals surface area (Å²) in [6.45, 7) is 2.05. The maximum atomic E-state index is 11.2. The molecule has 0 radical (unpaired) electrons. The number of carbonyl (C=O) groups is 1. The van der Waals surface area contributed by atoms with Crippen LogP contribution in [0.1, 0.15) is 12.0 Å². The van der Waals surface area contributed by atoms with Gasteiger partial charge in [0.15, 0.2) is 0 Å². The Balaban J connectivity index is 2.78. The molecule has 0 aliphatic carbocycles. The van der Waals surface area contributed by atoms with E-state index < -0.39 is 5.97 Å². The second-order valence-corrected chi connectivity index (χ2v) is 2.88. The molecule has 0 saturated carbocycles. The van der Waals surface area contributed by atoms with E-state index in [1.165, 1.54) is 10.6 Å². The van der Waals surface area contributed by atoms with Crippen molar-refractivity contribution in [2.24, 2.45) is 0 Å². The van der Waals surface area contributed by atoms with Crippen LogP contribution in [0.4, 0.5) is 0 Å². The fraction of sp³-hybridized carbons (Fsp3) is 0.333. The molecule has 1 rings (SSSR count). The Morgan fingerprint density at radius 1 is 1.62 bits per heavy atom. The first-order chi connectivity index (χ1) is 6.09. The highest BCUT2D eigenvalue weighted by Gasteiger charge is 1.99. The lowest BCUT2D eigenvalue weighted by atomic mass is 10.3. The standard InChI is InChI=1S/C9H11NO3/c1-7-2-4-10(8(11)6-7)5-3-9(12)13/h2,4,6H,3,5H2,1H3,(H,12,13). The molecular formula is C9H11NO3. The smallest absolute Gasteiger partial charge is 0.305 e. The van der Waals surface area contributed by atoms with Crippen molar-refractivity contribution in [3.05, 3.63) is 34.2 Å². The molecule has 0 amide bonds. The molecule has 0 unspecified atom stereocenters. The summed E-state index contributed by atoms with van der Waals surface area (Å²) in [5.74, 6) is -0.896. The van der Waals surface area contributed by atoms with E-state index >= 15 is 0 Å². The minimum atomic E-state index is -0.896. The Bertz CT molecular complexity index is 367. The molecule has 0 aliphatic heterocycles. The summed E-state index contributed by atoms with van der Waals surface area (Å²) in [6, 6.07) is 3.27. The van der Waals surface area contributed by atoms with Gasteiger partial charge in [-0.15, -0.1) is 0 Å². The van der Waals surface area contributed by atoms with Crippen molar-refractivity contribution in [3.8, 4) is 0 Å². The molecular weight excluding hydrogens is 170 g/mol. The normalized spacial score (nSPS) is 9.92. The number of pyridine rings is 1. The number of carboxylic acids is 1. The maximum Gasteiger partial charge on any atom is 0.305 e. The molecule has 0 saturated heterocycles. The van der Waals surface area contributed by atoms with E-state index in [0.29, 0.717) is 0 Å². The lowest BCUT2D eigenvalue weighted by molar-refractivity contribution is -0.137. The summed E-state index contributed by atoms with van der Waals surface area (Å²) < 4.78 is 1.39. The van der Waals surface area contributed by atoms with Gasteiger partial charge in [0.05, 0.1) is 6.42 Å². The van der Waals surface area contributed by atoms with E-state index in [-0.39, 0.29) is 18.5 Å². The minimum Gasteiger partial charge on any atom is -0.481 e. The molecule has 1 aromatic heterocycles. The van der Waals surface area contributed by atoms with Crippen molar-refractivity contribution in [2.45, 2.75) is 19.9 Å². The highest BCUT2D eigenvalue weighted by Crippen LogP contribution is 1.92. The van der Waals surface area contributed by atoms with Crippen LogP contribution in [-0.2, 0) is 11.3 Å². The first-order valence-corrected chi connectivity index (χ1v) is 3.98. The molecule has 0 spiro atoms. The van der Waals surface area contributed by atoms with Crippen molar-refractivity contribution >= 4 is 5.97 Å². The molecule has 0 aromatic carbocycles. The Morgan fingerprint density at radius 2 is 2.31 bits per heavy atom. The van der Waals surface area contributed by atoms with E-state index in [1.807, 2.05) is 6.92 Å². The number of aromatic nitrogens is 1. The second kappa shape index (κ2) is 3.89. The number of nitrogens with zero attached hydrogens (tertiary/aromatic N) is 1. The van der Waals surface area contributed by atoms with Crippen LogP contribution in [0.3, 0.4) is 0 Å². The van der Waals surface area contributed by atoms with Crippen LogP contribution in [0, 0.1) is 6.92 Å². The predicted octanol–water partition coefficient (Wildman–Crippen LogP) is 0.631. The first-order valence-electron chi connectivity index (χ1n) is 3.98. The van der Waals surface area contributed by atoms with Crippen molar-refractivity contribution in [1.82, 2.24) is 4.57 Å². The molecule has 0 fully saturated rings. The largest absolute Gasteiger partial charge is 0.481 e. The van der Waals surface area contributed by atoms with E-state index in [0.717, 1.165) is 5.56 Å². The molecule has 1 aromatic rings. The van der Waals surface area contributed by atoms with Crippen LogP contribution in [0.5, 0.6) is 0 Å². The van der Waals surface area contributed by atoms with E-state index in [1.54, 1.807) is 12.3 Å². The van der Waals surface area contributed by atoms with Crippen molar-refractivity contribution in [2.75, 3.05) is 0 Å². The van der Waals surface area contributed by atoms with Crippen LogP contribution in [-0.4, -0.2) is 15.6 Å². The van der Waals surface area contributed by atoms with Gasteiger partial charge in [0.1, 0.15) is 0 Å². The minimum absolute atomic E-state index is 0.0248.